The minimum absolute atomic E-state index is 0.0267. The molecule has 3 aromatic rings. The lowest BCUT2D eigenvalue weighted by molar-refractivity contribution is 0.311. The first-order valence-electron chi connectivity index (χ1n) is 9.16. The molecule has 0 amide bonds. The van der Waals surface area contributed by atoms with E-state index in [0.717, 1.165) is 41.3 Å². The van der Waals surface area contributed by atoms with Crippen molar-refractivity contribution in [3.05, 3.63) is 36.3 Å². The third kappa shape index (κ3) is 3.48. The zero-order chi connectivity index (χ0) is 18.8. The first kappa shape index (κ1) is 17.4. The fourth-order valence-corrected chi connectivity index (χ4v) is 3.12. The van der Waals surface area contributed by atoms with Gasteiger partial charge in [0.25, 0.3) is 0 Å². The number of anilines is 2. The van der Waals surface area contributed by atoms with Gasteiger partial charge in [0.05, 0.1) is 12.3 Å². The highest BCUT2D eigenvalue weighted by Gasteiger charge is 2.19. The monoisotopic (exact) mass is 365 g/mol. The number of hydrogen-bond acceptors (Lipinski definition) is 7. The highest BCUT2D eigenvalue weighted by molar-refractivity contribution is 5.79. The molecule has 0 saturated carbocycles. The van der Waals surface area contributed by atoms with Gasteiger partial charge in [-0.25, -0.2) is 15.0 Å². The predicted octanol–water partition coefficient (Wildman–Crippen LogP) is 2.36. The molecule has 4 rings (SSSR count). The van der Waals surface area contributed by atoms with Crippen LogP contribution in [0.5, 0.6) is 0 Å². The minimum atomic E-state index is 0.0267. The average molecular weight is 365 g/mol. The molecule has 0 bridgehead atoms. The lowest BCUT2D eigenvalue weighted by Gasteiger charge is -2.06. The molecule has 0 aliphatic carbocycles. The molecule has 0 radical (unpaired) electrons. The molecule has 0 fully saturated rings. The second-order valence-corrected chi connectivity index (χ2v) is 6.79. The fourth-order valence-electron chi connectivity index (χ4n) is 3.12. The molecule has 3 N–H and O–H groups in total. The molecule has 0 aromatic carbocycles. The zero-order valence-corrected chi connectivity index (χ0v) is 15.5. The highest BCUT2D eigenvalue weighted by Crippen LogP contribution is 2.33. The van der Waals surface area contributed by atoms with E-state index in [-0.39, 0.29) is 12.6 Å². The van der Waals surface area contributed by atoms with Crippen LogP contribution in [0.25, 0.3) is 22.5 Å². The van der Waals surface area contributed by atoms with Crippen molar-refractivity contribution >= 4 is 11.8 Å². The summed E-state index contributed by atoms with van der Waals surface area (Å²) in [6, 6.07) is 4.26. The van der Waals surface area contributed by atoms with Gasteiger partial charge in [0.15, 0.2) is 0 Å². The van der Waals surface area contributed by atoms with Crippen molar-refractivity contribution in [3.8, 4) is 22.5 Å². The van der Waals surface area contributed by atoms with Crippen molar-refractivity contribution in [2.24, 2.45) is 0 Å². The first-order valence-corrected chi connectivity index (χ1v) is 9.16. The summed E-state index contributed by atoms with van der Waals surface area (Å²) in [5, 5.41) is 20.1. The van der Waals surface area contributed by atoms with Crippen LogP contribution >= 0.6 is 0 Å². The Morgan fingerprint density at radius 3 is 3.04 bits per heavy atom. The van der Waals surface area contributed by atoms with Crippen LogP contribution in [0.15, 0.2) is 30.7 Å². The van der Waals surface area contributed by atoms with Gasteiger partial charge in [-0.1, -0.05) is 0 Å². The number of aliphatic hydroxyl groups excluding tert-OH is 1. The Balaban J connectivity index is 1.79. The average Bonchev–Trinajstić information content (AvgIpc) is 3.33. The van der Waals surface area contributed by atoms with Gasteiger partial charge in [-0.2, -0.15) is 5.10 Å². The molecule has 0 saturated heterocycles. The van der Waals surface area contributed by atoms with Crippen molar-refractivity contribution in [2.75, 3.05) is 30.3 Å². The molecule has 3 aromatic heterocycles. The molecule has 1 aliphatic rings. The van der Waals surface area contributed by atoms with Crippen molar-refractivity contribution in [1.82, 2.24) is 24.7 Å². The summed E-state index contributed by atoms with van der Waals surface area (Å²) in [6.45, 7) is 5.55. The molecule has 1 aliphatic heterocycles. The Hall–Kier alpha value is -3.00. The molecule has 8 heteroatoms. The Bertz CT molecular complexity index is 951. The molecule has 8 nitrogen and oxygen atoms in total. The van der Waals surface area contributed by atoms with E-state index in [4.69, 9.17) is 10.2 Å². The van der Waals surface area contributed by atoms with E-state index >= 15 is 0 Å². The van der Waals surface area contributed by atoms with E-state index < -0.39 is 0 Å². The fraction of sp³-hybridized carbons (Fsp3) is 0.368. The third-order valence-electron chi connectivity index (χ3n) is 4.51. The molecule has 0 unspecified atom stereocenters. The van der Waals surface area contributed by atoms with E-state index in [9.17, 15) is 0 Å². The number of pyridine rings is 1. The maximum atomic E-state index is 9.00. The van der Waals surface area contributed by atoms with Crippen molar-refractivity contribution in [2.45, 2.75) is 26.3 Å². The van der Waals surface area contributed by atoms with Gasteiger partial charge in [-0.15, -0.1) is 0 Å². The van der Waals surface area contributed by atoms with Crippen LogP contribution in [0.3, 0.4) is 0 Å². The van der Waals surface area contributed by atoms with Gasteiger partial charge in [-0.3, -0.25) is 4.68 Å². The van der Waals surface area contributed by atoms with Gasteiger partial charge in [0.2, 0.25) is 5.95 Å². The zero-order valence-electron chi connectivity index (χ0n) is 15.5. The summed E-state index contributed by atoms with van der Waals surface area (Å²) in [5.74, 6) is 1.45. The van der Waals surface area contributed by atoms with Crippen LogP contribution in [0, 0.1) is 0 Å². The van der Waals surface area contributed by atoms with Crippen LogP contribution in [0.4, 0.5) is 11.8 Å². The SMILES string of the molecule is CC(C)n1cc(-c2ccnc(NCCO)n2)c(-c2cnc3c(c2)CCN3)n1. The number of aliphatic hydroxyl groups is 1. The Morgan fingerprint density at radius 1 is 1.33 bits per heavy atom. The normalized spacial score (nSPS) is 12.9. The van der Waals surface area contributed by atoms with Crippen molar-refractivity contribution in [3.63, 3.8) is 0 Å². The second kappa shape index (κ2) is 7.32. The summed E-state index contributed by atoms with van der Waals surface area (Å²) in [5.41, 5.74) is 4.77. The number of fused-ring (bicyclic) bond motifs is 1. The Kier molecular flexibility index (Phi) is 4.72. The van der Waals surface area contributed by atoms with Crippen LogP contribution in [-0.2, 0) is 6.42 Å². The number of nitrogens with one attached hydrogen (secondary N) is 2. The highest BCUT2D eigenvalue weighted by atomic mass is 16.3. The maximum absolute atomic E-state index is 9.00. The largest absolute Gasteiger partial charge is 0.395 e. The van der Waals surface area contributed by atoms with E-state index in [1.54, 1.807) is 6.20 Å². The number of aromatic nitrogens is 5. The van der Waals surface area contributed by atoms with Gasteiger partial charge >= 0.3 is 0 Å². The molecular weight excluding hydrogens is 342 g/mol. The van der Waals surface area contributed by atoms with Crippen LogP contribution in [0.1, 0.15) is 25.5 Å². The van der Waals surface area contributed by atoms with E-state index in [1.165, 1.54) is 5.56 Å². The molecule has 0 spiro atoms. The lowest BCUT2D eigenvalue weighted by Crippen LogP contribution is -2.08. The quantitative estimate of drug-likeness (QED) is 0.616. The summed E-state index contributed by atoms with van der Waals surface area (Å²) in [6.07, 6.45) is 6.56. The van der Waals surface area contributed by atoms with Gasteiger partial charge < -0.3 is 15.7 Å². The second-order valence-electron chi connectivity index (χ2n) is 6.79. The van der Waals surface area contributed by atoms with E-state index in [2.05, 4.69) is 45.5 Å². The van der Waals surface area contributed by atoms with E-state index in [1.807, 2.05) is 23.1 Å². The van der Waals surface area contributed by atoms with Crippen LogP contribution in [-0.4, -0.2) is 49.5 Å². The standard InChI is InChI=1S/C19H23N7O/c1-12(2)26-11-15(16-4-6-21-19(24-16)22-7-8-27)17(25-26)14-9-13-3-5-20-18(13)23-10-14/h4,6,9-12,27H,3,5,7-8H2,1-2H3,(H,20,23)(H,21,22,24). The van der Waals surface area contributed by atoms with Gasteiger partial charge in [0, 0.05) is 48.8 Å². The summed E-state index contributed by atoms with van der Waals surface area (Å²) >= 11 is 0. The number of nitrogens with zero attached hydrogens (tertiary/aromatic N) is 5. The van der Waals surface area contributed by atoms with Crippen molar-refractivity contribution in [1.29, 1.82) is 0 Å². The number of rotatable bonds is 6. The van der Waals surface area contributed by atoms with Crippen molar-refractivity contribution < 1.29 is 5.11 Å². The molecule has 4 heterocycles. The summed E-state index contributed by atoms with van der Waals surface area (Å²) in [7, 11) is 0. The summed E-state index contributed by atoms with van der Waals surface area (Å²) < 4.78 is 1.94. The molecule has 140 valence electrons. The third-order valence-corrected chi connectivity index (χ3v) is 4.51. The summed E-state index contributed by atoms with van der Waals surface area (Å²) in [4.78, 5) is 13.4. The Labute approximate surface area is 157 Å². The van der Waals surface area contributed by atoms with E-state index in [0.29, 0.717) is 12.5 Å². The lowest BCUT2D eigenvalue weighted by atomic mass is 10.1. The number of hydrogen-bond donors (Lipinski definition) is 3. The Morgan fingerprint density at radius 2 is 2.22 bits per heavy atom. The maximum Gasteiger partial charge on any atom is 0.223 e. The first-order chi connectivity index (χ1) is 13.2. The van der Waals surface area contributed by atoms with Gasteiger partial charge in [-0.05, 0) is 38.0 Å². The molecule has 0 atom stereocenters. The predicted molar refractivity (Wildman–Crippen MR) is 105 cm³/mol. The van der Waals surface area contributed by atoms with Crippen LogP contribution in [0.2, 0.25) is 0 Å². The topological polar surface area (TPSA) is 101 Å². The minimum Gasteiger partial charge on any atom is -0.395 e. The smallest absolute Gasteiger partial charge is 0.223 e. The van der Waals surface area contributed by atoms with Gasteiger partial charge in [0.1, 0.15) is 11.5 Å². The molecular formula is C19H23N7O. The van der Waals surface area contributed by atoms with Crippen LogP contribution < -0.4 is 10.6 Å². The molecule has 27 heavy (non-hydrogen) atoms.